The molecule has 0 spiro atoms. The van der Waals surface area contributed by atoms with E-state index in [-0.39, 0.29) is 15.8 Å². The van der Waals surface area contributed by atoms with E-state index >= 15 is 0 Å². The Kier molecular flexibility index (Phi) is 3.22. The monoisotopic (exact) mass is 338 g/mol. The third-order valence-corrected chi connectivity index (χ3v) is 7.47. The van der Waals surface area contributed by atoms with Gasteiger partial charge in [-0.3, -0.25) is 4.79 Å². The van der Waals surface area contributed by atoms with Gasteiger partial charge in [-0.05, 0) is 42.9 Å². The third kappa shape index (κ3) is 2.23. The largest absolute Gasteiger partial charge is 0.307 e. The summed E-state index contributed by atoms with van der Waals surface area (Å²) in [5, 5.41) is 0. The van der Waals surface area contributed by atoms with Crippen LogP contribution < -0.4 is 9.60 Å². The van der Waals surface area contributed by atoms with Crippen molar-refractivity contribution in [2.24, 2.45) is 18.9 Å². The Hall–Kier alpha value is -1.18. The SMILES string of the molecule is Cn1c(=O)sc2cc(S(=O)(=O)NC3[C@H]4CCCC[C@@H]34)ccc21. The zero-order valence-corrected chi connectivity index (χ0v) is 13.9. The van der Waals surface area contributed by atoms with Crippen LogP contribution in [0.4, 0.5) is 0 Å². The third-order valence-electron chi connectivity index (χ3n) is 5.02. The fourth-order valence-electron chi connectivity index (χ4n) is 3.70. The Morgan fingerprint density at radius 2 is 1.91 bits per heavy atom. The van der Waals surface area contributed by atoms with Gasteiger partial charge in [0.15, 0.2) is 0 Å². The van der Waals surface area contributed by atoms with E-state index in [0.29, 0.717) is 16.5 Å². The predicted molar refractivity (Wildman–Crippen MR) is 86.6 cm³/mol. The molecule has 2 saturated carbocycles. The number of sulfonamides is 1. The van der Waals surface area contributed by atoms with Gasteiger partial charge >= 0.3 is 4.87 Å². The number of hydrogen-bond acceptors (Lipinski definition) is 4. The number of nitrogens with zero attached hydrogens (tertiary/aromatic N) is 1. The molecule has 22 heavy (non-hydrogen) atoms. The molecule has 0 amide bonds. The summed E-state index contributed by atoms with van der Waals surface area (Å²) >= 11 is 1.08. The van der Waals surface area contributed by atoms with Gasteiger partial charge in [0, 0.05) is 13.1 Å². The number of nitrogens with one attached hydrogen (secondary N) is 1. The fourth-order valence-corrected chi connectivity index (χ4v) is 6.05. The first-order valence-corrected chi connectivity index (χ1v) is 9.89. The number of thiazole rings is 1. The van der Waals surface area contributed by atoms with Crippen molar-refractivity contribution in [2.45, 2.75) is 36.6 Å². The minimum absolute atomic E-state index is 0.0780. The van der Waals surface area contributed by atoms with Crippen LogP contribution in [0.1, 0.15) is 25.7 Å². The number of aromatic nitrogens is 1. The van der Waals surface area contributed by atoms with E-state index < -0.39 is 10.0 Å². The summed E-state index contributed by atoms with van der Waals surface area (Å²) in [4.78, 5) is 11.9. The Morgan fingerprint density at radius 1 is 1.23 bits per heavy atom. The molecule has 1 N–H and O–H groups in total. The highest BCUT2D eigenvalue weighted by Gasteiger charge is 2.52. The lowest BCUT2D eigenvalue weighted by molar-refractivity contribution is 0.480. The first-order chi connectivity index (χ1) is 10.5. The van der Waals surface area contributed by atoms with E-state index in [9.17, 15) is 13.2 Å². The van der Waals surface area contributed by atoms with Crippen molar-refractivity contribution in [3.05, 3.63) is 27.9 Å². The first-order valence-electron chi connectivity index (χ1n) is 7.59. The standard InChI is InChI=1S/C15H18N2O3S2/c1-17-12-7-6-9(8-13(12)21-15(17)18)22(19,20)16-14-10-4-2-3-5-11(10)14/h6-8,10-11,14,16H,2-5H2,1H3/t10-,11+,14?. The Bertz CT molecular complexity index is 885. The molecule has 2 aliphatic rings. The highest BCUT2D eigenvalue weighted by molar-refractivity contribution is 7.89. The maximum atomic E-state index is 12.6. The van der Waals surface area contributed by atoms with Crippen LogP contribution in [-0.4, -0.2) is 19.0 Å². The van der Waals surface area contributed by atoms with Crippen molar-refractivity contribution in [1.82, 2.24) is 9.29 Å². The minimum Gasteiger partial charge on any atom is -0.302 e. The quantitative estimate of drug-likeness (QED) is 0.931. The van der Waals surface area contributed by atoms with Gasteiger partial charge in [-0.2, -0.15) is 0 Å². The van der Waals surface area contributed by atoms with Crippen LogP contribution in [0.25, 0.3) is 10.2 Å². The number of fused-ring (bicyclic) bond motifs is 2. The second kappa shape index (κ2) is 4.91. The summed E-state index contributed by atoms with van der Waals surface area (Å²) < 4.78 is 30.3. The molecule has 2 fully saturated rings. The Labute approximate surface area is 133 Å². The number of benzene rings is 1. The molecule has 0 saturated heterocycles. The van der Waals surface area contributed by atoms with Crippen molar-refractivity contribution in [3.63, 3.8) is 0 Å². The first kappa shape index (κ1) is 14.4. The van der Waals surface area contributed by atoms with Crippen LogP contribution in [-0.2, 0) is 17.1 Å². The van der Waals surface area contributed by atoms with Crippen molar-refractivity contribution in [1.29, 1.82) is 0 Å². The van der Waals surface area contributed by atoms with Crippen LogP contribution in [0.2, 0.25) is 0 Å². The van der Waals surface area contributed by atoms with E-state index in [1.165, 1.54) is 12.8 Å². The average Bonchev–Trinajstić information content (AvgIpc) is 3.10. The lowest BCUT2D eigenvalue weighted by atomic mass is 10.0. The zero-order valence-electron chi connectivity index (χ0n) is 12.3. The molecule has 1 heterocycles. The highest BCUT2D eigenvalue weighted by Crippen LogP contribution is 2.50. The van der Waals surface area contributed by atoms with E-state index in [1.807, 2.05) is 0 Å². The second-order valence-electron chi connectivity index (χ2n) is 6.32. The molecule has 1 aromatic heterocycles. The molecule has 2 aromatic rings. The number of hydrogen-bond donors (Lipinski definition) is 1. The molecule has 0 bridgehead atoms. The summed E-state index contributed by atoms with van der Waals surface area (Å²) in [5.74, 6) is 1.06. The zero-order chi connectivity index (χ0) is 15.5. The minimum atomic E-state index is -3.50. The molecular weight excluding hydrogens is 320 g/mol. The number of rotatable bonds is 3. The van der Waals surface area contributed by atoms with Crippen LogP contribution >= 0.6 is 11.3 Å². The summed E-state index contributed by atoms with van der Waals surface area (Å²) in [6.07, 6.45) is 4.70. The van der Waals surface area contributed by atoms with Crippen LogP contribution in [0.5, 0.6) is 0 Å². The second-order valence-corrected chi connectivity index (χ2v) is 9.02. The molecule has 1 unspecified atom stereocenters. The Balaban J connectivity index is 1.64. The van der Waals surface area contributed by atoms with Gasteiger partial charge in [-0.15, -0.1) is 0 Å². The van der Waals surface area contributed by atoms with Gasteiger partial charge in [-0.25, -0.2) is 13.1 Å². The molecule has 0 aliphatic heterocycles. The summed E-state index contributed by atoms with van der Waals surface area (Å²) in [5.41, 5.74) is 0.772. The van der Waals surface area contributed by atoms with Crippen LogP contribution in [0, 0.1) is 11.8 Å². The maximum Gasteiger partial charge on any atom is 0.307 e. The summed E-state index contributed by atoms with van der Waals surface area (Å²) in [6, 6.07) is 5.01. The van der Waals surface area contributed by atoms with Gasteiger partial charge in [0.1, 0.15) is 0 Å². The van der Waals surface area contributed by atoms with Gasteiger partial charge in [0.05, 0.1) is 15.1 Å². The summed E-state index contributed by atoms with van der Waals surface area (Å²) in [6.45, 7) is 0. The molecule has 2 aliphatic carbocycles. The van der Waals surface area contributed by atoms with Crippen LogP contribution in [0.15, 0.2) is 27.9 Å². The van der Waals surface area contributed by atoms with E-state index in [0.717, 1.165) is 29.7 Å². The van der Waals surface area contributed by atoms with E-state index in [1.54, 1.807) is 29.8 Å². The van der Waals surface area contributed by atoms with Gasteiger partial charge in [0.2, 0.25) is 10.0 Å². The molecular formula is C15H18N2O3S2. The molecule has 1 aromatic carbocycles. The van der Waals surface area contributed by atoms with Crippen molar-refractivity contribution < 1.29 is 8.42 Å². The van der Waals surface area contributed by atoms with Crippen molar-refractivity contribution in [3.8, 4) is 0 Å². The summed E-state index contributed by atoms with van der Waals surface area (Å²) in [7, 11) is -1.81. The van der Waals surface area contributed by atoms with Gasteiger partial charge < -0.3 is 4.57 Å². The molecule has 118 valence electrons. The van der Waals surface area contributed by atoms with E-state index in [2.05, 4.69) is 4.72 Å². The lowest BCUT2D eigenvalue weighted by Gasteiger charge is -2.06. The van der Waals surface area contributed by atoms with Crippen molar-refractivity contribution in [2.75, 3.05) is 0 Å². The highest BCUT2D eigenvalue weighted by atomic mass is 32.2. The molecule has 4 rings (SSSR count). The van der Waals surface area contributed by atoms with Crippen LogP contribution in [0.3, 0.4) is 0 Å². The average molecular weight is 338 g/mol. The lowest BCUT2D eigenvalue weighted by Crippen LogP contribution is -2.27. The molecule has 7 heteroatoms. The van der Waals surface area contributed by atoms with Gasteiger partial charge in [-0.1, -0.05) is 24.2 Å². The Morgan fingerprint density at radius 3 is 2.59 bits per heavy atom. The fraction of sp³-hybridized carbons (Fsp3) is 0.533. The topological polar surface area (TPSA) is 68.2 Å². The molecule has 5 nitrogen and oxygen atoms in total. The molecule has 3 atom stereocenters. The van der Waals surface area contributed by atoms with Gasteiger partial charge in [0.25, 0.3) is 0 Å². The maximum absolute atomic E-state index is 12.6. The smallest absolute Gasteiger partial charge is 0.302 e. The number of aryl methyl sites for hydroxylation is 1. The van der Waals surface area contributed by atoms with Crippen molar-refractivity contribution >= 4 is 31.6 Å². The predicted octanol–water partition coefficient (Wildman–Crippen LogP) is 2.07. The molecule has 0 radical (unpaired) electrons. The normalized spacial score (nSPS) is 27.8. The van der Waals surface area contributed by atoms with E-state index in [4.69, 9.17) is 0 Å².